The molecule has 23 heavy (non-hydrogen) atoms. The number of hydrogen-bond donors (Lipinski definition) is 0. The maximum atomic E-state index is 13.5. The minimum atomic E-state index is -0.778. The monoisotopic (exact) mass is 321 g/mol. The predicted octanol–water partition coefficient (Wildman–Crippen LogP) is 2.90. The van der Waals surface area contributed by atoms with Crippen LogP contribution in [0.15, 0.2) is 18.2 Å². The molecule has 2 aromatic rings. The van der Waals surface area contributed by atoms with Crippen molar-refractivity contribution in [1.82, 2.24) is 15.0 Å². The molecule has 0 radical (unpaired) electrons. The summed E-state index contributed by atoms with van der Waals surface area (Å²) in [6.45, 7) is 3.82. The highest BCUT2D eigenvalue weighted by molar-refractivity contribution is 5.40. The minimum Gasteiger partial charge on any atom is -0.424 e. The summed E-state index contributed by atoms with van der Waals surface area (Å²) in [5.41, 5.74) is -0.411. The van der Waals surface area contributed by atoms with E-state index in [1.54, 1.807) is 19.0 Å². The van der Waals surface area contributed by atoms with Crippen molar-refractivity contribution in [3.63, 3.8) is 0 Å². The van der Waals surface area contributed by atoms with E-state index in [0.29, 0.717) is 11.8 Å². The molecule has 0 atom stereocenters. The lowest BCUT2D eigenvalue weighted by Gasteiger charge is -2.14. The molecule has 0 spiro atoms. The second-order valence-corrected chi connectivity index (χ2v) is 5.33. The fourth-order valence-corrected chi connectivity index (χ4v) is 1.68. The molecule has 0 aliphatic rings. The molecule has 0 bridgehead atoms. The van der Waals surface area contributed by atoms with Crippen molar-refractivity contribution in [3.05, 3.63) is 40.0 Å². The van der Waals surface area contributed by atoms with Crippen LogP contribution in [0.3, 0.4) is 0 Å². The van der Waals surface area contributed by atoms with E-state index in [1.807, 2.05) is 13.8 Å². The molecule has 0 N–H and O–H groups in total. The van der Waals surface area contributed by atoms with Gasteiger partial charge in [0.05, 0.1) is 17.1 Å². The number of anilines is 1. The van der Waals surface area contributed by atoms with E-state index in [4.69, 9.17) is 4.74 Å². The Hall–Kier alpha value is -2.84. The number of rotatable bonds is 5. The third kappa shape index (κ3) is 4.09. The van der Waals surface area contributed by atoms with Crippen LogP contribution in [0.1, 0.15) is 25.6 Å². The van der Waals surface area contributed by atoms with E-state index >= 15 is 0 Å². The van der Waals surface area contributed by atoms with Crippen molar-refractivity contribution in [1.29, 1.82) is 0 Å². The number of halogens is 1. The number of benzene rings is 1. The Labute approximate surface area is 132 Å². The third-order valence-electron chi connectivity index (χ3n) is 2.81. The summed E-state index contributed by atoms with van der Waals surface area (Å²) in [6.07, 6.45) is 0. The number of nitrogens with zero attached hydrogens (tertiary/aromatic N) is 5. The molecule has 2 rings (SSSR count). The molecule has 0 fully saturated rings. The first-order valence-corrected chi connectivity index (χ1v) is 6.82. The van der Waals surface area contributed by atoms with Crippen LogP contribution in [0, 0.1) is 15.9 Å². The molecule has 9 heteroatoms. The zero-order valence-electron chi connectivity index (χ0n) is 13.1. The van der Waals surface area contributed by atoms with Gasteiger partial charge >= 0.3 is 6.01 Å². The van der Waals surface area contributed by atoms with Gasteiger partial charge in [0.1, 0.15) is 17.4 Å². The Balaban J connectivity index is 2.41. The van der Waals surface area contributed by atoms with Crippen molar-refractivity contribution in [2.24, 2.45) is 0 Å². The summed E-state index contributed by atoms with van der Waals surface area (Å²) >= 11 is 0. The first-order chi connectivity index (χ1) is 10.8. The topological polar surface area (TPSA) is 94.3 Å². The summed E-state index contributed by atoms with van der Waals surface area (Å²) in [5, 5.41) is 10.8. The molecule has 1 aromatic heterocycles. The molecule has 0 amide bonds. The van der Waals surface area contributed by atoms with E-state index in [2.05, 4.69) is 15.0 Å². The number of non-ortho nitro benzene ring substituents is 1. The Morgan fingerprint density at radius 3 is 2.48 bits per heavy atom. The van der Waals surface area contributed by atoms with Crippen LogP contribution in [0.4, 0.5) is 16.0 Å². The second-order valence-electron chi connectivity index (χ2n) is 5.33. The molecular formula is C14H16FN5O3. The van der Waals surface area contributed by atoms with Crippen LogP contribution < -0.4 is 9.64 Å². The summed E-state index contributed by atoms with van der Waals surface area (Å²) in [4.78, 5) is 24.3. The Morgan fingerprint density at radius 2 is 1.91 bits per heavy atom. The average molecular weight is 321 g/mol. The largest absolute Gasteiger partial charge is 0.424 e. The van der Waals surface area contributed by atoms with Gasteiger partial charge in [0, 0.05) is 26.1 Å². The highest BCUT2D eigenvalue weighted by Gasteiger charge is 2.15. The molecule has 1 aromatic carbocycles. The van der Waals surface area contributed by atoms with E-state index in [9.17, 15) is 14.5 Å². The molecule has 122 valence electrons. The van der Waals surface area contributed by atoms with Crippen LogP contribution in [0.25, 0.3) is 0 Å². The van der Waals surface area contributed by atoms with Gasteiger partial charge in [0.2, 0.25) is 5.95 Å². The highest BCUT2D eigenvalue weighted by atomic mass is 19.1. The van der Waals surface area contributed by atoms with Crippen LogP contribution in [0.2, 0.25) is 0 Å². The molecule has 1 heterocycles. The van der Waals surface area contributed by atoms with E-state index in [0.717, 1.165) is 18.2 Å². The Kier molecular flexibility index (Phi) is 4.68. The molecular weight excluding hydrogens is 305 g/mol. The van der Waals surface area contributed by atoms with Gasteiger partial charge in [-0.2, -0.15) is 15.0 Å². The van der Waals surface area contributed by atoms with Gasteiger partial charge in [-0.25, -0.2) is 4.39 Å². The van der Waals surface area contributed by atoms with Crippen molar-refractivity contribution in [3.8, 4) is 11.8 Å². The number of ether oxygens (including phenoxy) is 1. The smallest absolute Gasteiger partial charge is 0.327 e. The van der Waals surface area contributed by atoms with Gasteiger partial charge in [-0.05, 0) is 0 Å². The second kappa shape index (κ2) is 6.51. The summed E-state index contributed by atoms with van der Waals surface area (Å²) in [7, 11) is 3.52. The maximum absolute atomic E-state index is 13.5. The van der Waals surface area contributed by atoms with Crippen molar-refractivity contribution < 1.29 is 14.1 Å². The molecule has 0 aliphatic carbocycles. The zero-order valence-corrected chi connectivity index (χ0v) is 13.1. The van der Waals surface area contributed by atoms with Crippen LogP contribution >= 0.6 is 0 Å². The van der Waals surface area contributed by atoms with Gasteiger partial charge in [-0.1, -0.05) is 13.8 Å². The van der Waals surface area contributed by atoms with Gasteiger partial charge < -0.3 is 9.64 Å². The zero-order chi connectivity index (χ0) is 17.1. The van der Waals surface area contributed by atoms with Crippen molar-refractivity contribution in [2.75, 3.05) is 19.0 Å². The third-order valence-corrected chi connectivity index (χ3v) is 2.81. The van der Waals surface area contributed by atoms with Crippen molar-refractivity contribution in [2.45, 2.75) is 19.8 Å². The average Bonchev–Trinajstić information content (AvgIpc) is 2.46. The van der Waals surface area contributed by atoms with Crippen LogP contribution in [-0.2, 0) is 0 Å². The van der Waals surface area contributed by atoms with E-state index in [-0.39, 0.29) is 17.7 Å². The SMILES string of the molecule is CC(C)c1nc(Oc2cc(F)cc([N+](=O)[O-])c2)nc(N(C)C)n1. The lowest BCUT2D eigenvalue weighted by Crippen LogP contribution is -2.15. The number of nitro groups is 1. The quantitative estimate of drug-likeness (QED) is 0.617. The molecule has 0 aliphatic heterocycles. The molecule has 8 nitrogen and oxygen atoms in total. The fraction of sp³-hybridized carbons (Fsp3) is 0.357. The standard InChI is InChI=1S/C14H16FN5O3/c1-8(2)12-16-13(19(3)4)18-14(17-12)23-11-6-9(15)5-10(7-11)20(21)22/h5-8H,1-4H3. The summed E-state index contributed by atoms with van der Waals surface area (Å²) < 4.78 is 18.9. The molecule has 0 unspecified atom stereocenters. The van der Waals surface area contributed by atoms with Gasteiger partial charge in [0.15, 0.2) is 0 Å². The Morgan fingerprint density at radius 1 is 1.22 bits per heavy atom. The number of aromatic nitrogens is 3. The van der Waals surface area contributed by atoms with Crippen LogP contribution in [0.5, 0.6) is 11.8 Å². The maximum Gasteiger partial charge on any atom is 0.327 e. The van der Waals surface area contributed by atoms with E-state index in [1.165, 1.54) is 0 Å². The lowest BCUT2D eigenvalue weighted by atomic mass is 10.2. The summed E-state index contributed by atoms with van der Waals surface area (Å²) in [5.74, 6) is 0.0811. The lowest BCUT2D eigenvalue weighted by molar-refractivity contribution is -0.385. The number of hydrogen-bond acceptors (Lipinski definition) is 7. The van der Waals surface area contributed by atoms with E-state index < -0.39 is 16.4 Å². The van der Waals surface area contributed by atoms with Gasteiger partial charge in [-0.3, -0.25) is 10.1 Å². The minimum absolute atomic E-state index is 0.0286. The first-order valence-electron chi connectivity index (χ1n) is 6.82. The number of nitro benzene ring substituents is 1. The fourth-order valence-electron chi connectivity index (χ4n) is 1.68. The Bertz CT molecular complexity index is 710. The van der Waals surface area contributed by atoms with Crippen molar-refractivity contribution >= 4 is 11.6 Å². The molecule has 0 saturated heterocycles. The predicted molar refractivity (Wildman–Crippen MR) is 81.4 cm³/mol. The first kappa shape index (κ1) is 16.5. The normalized spacial score (nSPS) is 10.7. The summed E-state index contributed by atoms with van der Waals surface area (Å²) in [6, 6.07) is 2.90. The highest BCUT2D eigenvalue weighted by Crippen LogP contribution is 2.26. The van der Waals surface area contributed by atoms with Gasteiger partial charge in [-0.15, -0.1) is 0 Å². The molecule has 0 saturated carbocycles. The van der Waals surface area contributed by atoms with Crippen LogP contribution in [-0.4, -0.2) is 34.0 Å². The van der Waals surface area contributed by atoms with Gasteiger partial charge in [0.25, 0.3) is 5.69 Å².